The standard InChI is InChI=1S/C11H23NO/c1-9(8-13)12-10-6-4-5-7-11(10,2)3/h9-10,12-13H,4-8H2,1-3H3/t9-,10?/m1/s1. The van der Waals surface area contributed by atoms with E-state index in [4.69, 9.17) is 5.11 Å². The van der Waals surface area contributed by atoms with Gasteiger partial charge in [-0.05, 0) is 25.2 Å². The van der Waals surface area contributed by atoms with E-state index in [-0.39, 0.29) is 12.6 Å². The van der Waals surface area contributed by atoms with E-state index in [1.807, 2.05) is 6.92 Å². The normalized spacial score (nSPS) is 30.0. The minimum atomic E-state index is 0.238. The van der Waals surface area contributed by atoms with Crippen LogP contribution < -0.4 is 5.32 Å². The van der Waals surface area contributed by atoms with Gasteiger partial charge in [-0.2, -0.15) is 0 Å². The molecule has 1 aliphatic carbocycles. The molecule has 0 bridgehead atoms. The summed E-state index contributed by atoms with van der Waals surface area (Å²) in [5.41, 5.74) is 0.404. The van der Waals surface area contributed by atoms with Crippen LogP contribution in [0.3, 0.4) is 0 Å². The summed E-state index contributed by atoms with van der Waals surface area (Å²) in [7, 11) is 0. The first-order valence-corrected chi connectivity index (χ1v) is 5.43. The van der Waals surface area contributed by atoms with Crippen LogP contribution in [-0.4, -0.2) is 23.8 Å². The average Bonchev–Trinajstić information content (AvgIpc) is 2.08. The van der Waals surface area contributed by atoms with Crippen molar-refractivity contribution in [2.45, 2.75) is 58.5 Å². The van der Waals surface area contributed by atoms with Gasteiger partial charge in [0, 0.05) is 12.1 Å². The predicted octanol–water partition coefficient (Wildman–Crippen LogP) is 1.93. The molecule has 1 unspecified atom stereocenters. The molecular formula is C11H23NO. The molecule has 2 N–H and O–H groups in total. The Bertz CT molecular complexity index is 156. The summed E-state index contributed by atoms with van der Waals surface area (Å²) >= 11 is 0. The fourth-order valence-corrected chi connectivity index (χ4v) is 2.20. The van der Waals surface area contributed by atoms with E-state index in [2.05, 4.69) is 19.2 Å². The Morgan fingerprint density at radius 2 is 2.15 bits per heavy atom. The topological polar surface area (TPSA) is 32.3 Å². The zero-order valence-electron chi connectivity index (χ0n) is 9.14. The molecule has 2 nitrogen and oxygen atoms in total. The molecule has 0 spiro atoms. The van der Waals surface area contributed by atoms with E-state index in [1.54, 1.807) is 0 Å². The van der Waals surface area contributed by atoms with Crippen LogP contribution in [0, 0.1) is 5.41 Å². The van der Waals surface area contributed by atoms with Gasteiger partial charge in [-0.25, -0.2) is 0 Å². The lowest BCUT2D eigenvalue weighted by atomic mass is 9.73. The van der Waals surface area contributed by atoms with Crippen molar-refractivity contribution in [3.63, 3.8) is 0 Å². The summed E-state index contributed by atoms with van der Waals surface area (Å²) in [6.07, 6.45) is 5.26. The van der Waals surface area contributed by atoms with Gasteiger partial charge in [-0.1, -0.05) is 26.7 Å². The van der Waals surface area contributed by atoms with Crippen molar-refractivity contribution in [3.8, 4) is 0 Å². The molecule has 0 aliphatic heterocycles. The second kappa shape index (κ2) is 4.43. The Hall–Kier alpha value is -0.0800. The molecule has 2 heteroatoms. The zero-order chi connectivity index (χ0) is 9.90. The molecule has 0 amide bonds. The summed E-state index contributed by atoms with van der Waals surface area (Å²) in [6, 6.07) is 0.825. The maximum Gasteiger partial charge on any atom is 0.0582 e. The van der Waals surface area contributed by atoms with Gasteiger partial charge in [0.2, 0.25) is 0 Å². The van der Waals surface area contributed by atoms with E-state index in [9.17, 15) is 0 Å². The fraction of sp³-hybridized carbons (Fsp3) is 1.00. The van der Waals surface area contributed by atoms with Crippen LogP contribution in [-0.2, 0) is 0 Å². The lowest BCUT2D eigenvalue weighted by Gasteiger charge is -2.40. The zero-order valence-corrected chi connectivity index (χ0v) is 9.14. The summed E-state index contributed by atoms with van der Waals surface area (Å²) in [4.78, 5) is 0. The highest BCUT2D eigenvalue weighted by molar-refractivity contribution is 4.88. The van der Waals surface area contributed by atoms with Crippen molar-refractivity contribution in [1.82, 2.24) is 5.32 Å². The van der Waals surface area contributed by atoms with Gasteiger partial charge in [0.05, 0.1) is 6.61 Å². The van der Waals surface area contributed by atoms with Gasteiger partial charge in [0.25, 0.3) is 0 Å². The largest absolute Gasteiger partial charge is 0.395 e. The third-order valence-electron chi connectivity index (χ3n) is 3.27. The molecule has 1 fully saturated rings. The first-order valence-electron chi connectivity index (χ1n) is 5.43. The van der Waals surface area contributed by atoms with E-state index in [0.29, 0.717) is 11.5 Å². The first kappa shape index (κ1) is 11.0. The minimum absolute atomic E-state index is 0.238. The van der Waals surface area contributed by atoms with Crippen LogP contribution in [0.15, 0.2) is 0 Å². The third kappa shape index (κ3) is 2.96. The highest BCUT2D eigenvalue weighted by Crippen LogP contribution is 2.35. The minimum Gasteiger partial charge on any atom is -0.395 e. The van der Waals surface area contributed by atoms with Crippen LogP contribution >= 0.6 is 0 Å². The molecule has 1 saturated carbocycles. The van der Waals surface area contributed by atoms with Crippen molar-refractivity contribution in [2.24, 2.45) is 5.41 Å². The van der Waals surface area contributed by atoms with Crippen LogP contribution in [0.1, 0.15) is 46.5 Å². The van der Waals surface area contributed by atoms with E-state index in [0.717, 1.165) is 0 Å². The van der Waals surface area contributed by atoms with Gasteiger partial charge >= 0.3 is 0 Å². The molecule has 0 aromatic heterocycles. The van der Waals surface area contributed by atoms with Gasteiger partial charge in [-0.15, -0.1) is 0 Å². The lowest BCUT2D eigenvalue weighted by molar-refractivity contribution is 0.139. The second-order valence-corrected chi connectivity index (χ2v) is 5.04. The predicted molar refractivity (Wildman–Crippen MR) is 55.7 cm³/mol. The molecule has 0 radical (unpaired) electrons. The molecule has 0 aromatic rings. The average molecular weight is 185 g/mol. The van der Waals surface area contributed by atoms with Crippen molar-refractivity contribution in [2.75, 3.05) is 6.61 Å². The third-order valence-corrected chi connectivity index (χ3v) is 3.27. The van der Waals surface area contributed by atoms with Crippen molar-refractivity contribution >= 4 is 0 Å². The molecule has 0 saturated heterocycles. The number of hydrogen-bond donors (Lipinski definition) is 2. The van der Waals surface area contributed by atoms with Crippen molar-refractivity contribution in [1.29, 1.82) is 0 Å². The van der Waals surface area contributed by atoms with E-state index >= 15 is 0 Å². The molecule has 1 aliphatic rings. The fourth-order valence-electron chi connectivity index (χ4n) is 2.20. The highest BCUT2D eigenvalue weighted by atomic mass is 16.3. The Labute approximate surface area is 81.7 Å². The first-order chi connectivity index (χ1) is 6.06. The number of rotatable bonds is 3. The summed E-state index contributed by atoms with van der Waals surface area (Å²) in [5.74, 6) is 0. The number of aliphatic hydroxyl groups excluding tert-OH is 1. The number of aliphatic hydroxyl groups is 1. The second-order valence-electron chi connectivity index (χ2n) is 5.04. The maximum absolute atomic E-state index is 8.97. The quantitative estimate of drug-likeness (QED) is 0.704. The van der Waals surface area contributed by atoms with Gasteiger partial charge in [-0.3, -0.25) is 0 Å². The van der Waals surface area contributed by atoms with E-state index in [1.165, 1.54) is 25.7 Å². The SMILES string of the molecule is C[C@H](CO)NC1CCCCC1(C)C. The summed E-state index contributed by atoms with van der Waals surface area (Å²) in [6.45, 7) is 6.94. The molecule has 78 valence electrons. The maximum atomic E-state index is 8.97. The Kier molecular flexibility index (Phi) is 3.74. The van der Waals surface area contributed by atoms with Crippen LogP contribution in [0.5, 0.6) is 0 Å². The van der Waals surface area contributed by atoms with Gasteiger partial charge < -0.3 is 10.4 Å². The molecule has 0 aromatic carbocycles. The van der Waals surface area contributed by atoms with Crippen LogP contribution in [0.25, 0.3) is 0 Å². The molecule has 2 atom stereocenters. The number of hydrogen-bond acceptors (Lipinski definition) is 2. The molecule has 0 heterocycles. The molecular weight excluding hydrogens is 162 g/mol. The summed E-state index contributed by atoms with van der Waals surface area (Å²) < 4.78 is 0. The monoisotopic (exact) mass is 185 g/mol. The Balaban J connectivity index is 2.46. The number of nitrogens with one attached hydrogen (secondary N) is 1. The van der Waals surface area contributed by atoms with Crippen LogP contribution in [0.2, 0.25) is 0 Å². The summed E-state index contributed by atoms with van der Waals surface area (Å²) in [5, 5.41) is 12.5. The molecule has 13 heavy (non-hydrogen) atoms. The lowest BCUT2D eigenvalue weighted by Crippen LogP contribution is -2.48. The molecule has 1 rings (SSSR count). The van der Waals surface area contributed by atoms with Gasteiger partial charge in [0.15, 0.2) is 0 Å². The van der Waals surface area contributed by atoms with Crippen molar-refractivity contribution < 1.29 is 5.11 Å². The van der Waals surface area contributed by atoms with E-state index < -0.39 is 0 Å². The van der Waals surface area contributed by atoms with Crippen LogP contribution in [0.4, 0.5) is 0 Å². The van der Waals surface area contributed by atoms with Gasteiger partial charge in [0.1, 0.15) is 0 Å². The smallest absolute Gasteiger partial charge is 0.0582 e. The highest BCUT2D eigenvalue weighted by Gasteiger charge is 2.32. The Morgan fingerprint density at radius 1 is 1.46 bits per heavy atom. The Morgan fingerprint density at radius 3 is 2.69 bits per heavy atom. The van der Waals surface area contributed by atoms with Crippen molar-refractivity contribution in [3.05, 3.63) is 0 Å².